The summed E-state index contributed by atoms with van der Waals surface area (Å²) in [6.45, 7) is 1.89. The molecule has 6 nitrogen and oxygen atoms in total. The number of hydrogen-bond donors (Lipinski definition) is 2. The lowest BCUT2D eigenvalue weighted by Gasteiger charge is -2.18. The van der Waals surface area contributed by atoms with Crippen LogP contribution < -0.4 is 10.6 Å². The monoisotopic (exact) mass is 217 g/mol. The standard InChI is InChI=1S/C10H11N5O/c1-7-4-2-3-5-8(7)15(9(11)16)10-12-6-13-14-10/h2-6H,1H3,(H2,11,16)(H,12,13,14). The number of carbonyl (C=O) groups is 1. The van der Waals surface area contributed by atoms with Gasteiger partial charge in [0.25, 0.3) is 0 Å². The molecule has 0 aliphatic rings. The minimum absolute atomic E-state index is 0.307. The number of carbonyl (C=O) groups excluding carboxylic acids is 1. The summed E-state index contributed by atoms with van der Waals surface area (Å²) in [4.78, 5) is 16.6. The minimum Gasteiger partial charge on any atom is -0.351 e. The molecule has 0 radical (unpaired) electrons. The van der Waals surface area contributed by atoms with E-state index in [1.165, 1.54) is 11.2 Å². The lowest BCUT2D eigenvalue weighted by molar-refractivity contribution is 0.256. The van der Waals surface area contributed by atoms with Crippen LogP contribution in [0.3, 0.4) is 0 Å². The smallest absolute Gasteiger partial charge is 0.326 e. The topological polar surface area (TPSA) is 87.9 Å². The average Bonchev–Trinajstić information content (AvgIpc) is 2.74. The number of primary amides is 1. The molecule has 0 saturated carbocycles. The largest absolute Gasteiger partial charge is 0.351 e. The second kappa shape index (κ2) is 4.01. The van der Waals surface area contributed by atoms with Crippen LogP contribution in [0.4, 0.5) is 16.4 Å². The summed E-state index contributed by atoms with van der Waals surface area (Å²) >= 11 is 0. The highest BCUT2D eigenvalue weighted by Gasteiger charge is 2.18. The number of nitrogens with zero attached hydrogens (tertiary/aromatic N) is 3. The molecule has 82 valence electrons. The number of nitrogens with one attached hydrogen (secondary N) is 1. The minimum atomic E-state index is -0.606. The highest BCUT2D eigenvalue weighted by Crippen LogP contribution is 2.24. The molecule has 0 fully saturated rings. The summed E-state index contributed by atoms with van der Waals surface area (Å²) in [5, 5.41) is 6.30. The van der Waals surface area contributed by atoms with Gasteiger partial charge in [-0.1, -0.05) is 18.2 Å². The number of anilines is 2. The van der Waals surface area contributed by atoms with Crippen LogP contribution in [0.5, 0.6) is 0 Å². The number of rotatable bonds is 2. The van der Waals surface area contributed by atoms with E-state index in [4.69, 9.17) is 5.73 Å². The van der Waals surface area contributed by atoms with E-state index < -0.39 is 6.03 Å². The van der Waals surface area contributed by atoms with Gasteiger partial charge in [-0.2, -0.15) is 10.1 Å². The van der Waals surface area contributed by atoms with Crippen molar-refractivity contribution in [1.29, 1.82) is 0 Å². The van der Waals surface area contributed by atoms with Gasteiger partial charge >= 0.3 is 6.03 Å². The summed E-state index contributed by atoms with van der Waals surface area (Å²) in [6, 6.07) is 6.79. The molecule has 2 amide bonds. The lowest BCUT2D eigenvalue weighted by atomic mass is 10.2. The average molecular weight is 217 g/mol. The van der Waals surface area contributed by atoms with E-state index in [2.05, 4.69) is 15.2 Å². The molecule has 3 N–H and O–H groups in total. The van der Waals surface area contributed by atoms with Crippen molar-refractivity contribution in [3.63, 3.8) is 0 Å². The molecule has 0 spiro atoms. The van der Waals surface area contributed by atoms with Crippen molar-refractivity contribution in [2.45, 2.75) is 6.92 Å². The predicted octanol–water partition coefficient (Wildman–Crippen LogP) is 1.33. The van der Waals surface area contributed by atoms with Gasteiger partial charge in [-0.15, -0.1) is 0 Å². The third kappa shape index (κ3) is 1.72. The third-order valence-corrected chi connectivity index (χ3v) is 2.19. The number of benzene rings is 1. The van der Waals surface area contributed by atoms with Gasteiger partial charge in [-0.3, -0.25) is 0 Å². The lowest BCUT2D eigenvalue weighted by Crippen LogP contribution is -2.32. The molecular formula is C10H11N5O. The second-order valence-corrected chi connectivity index (χ2v) is 3.27. The van der Waals surface area contributed by atoms with Crippen molar-refractivity contribution in [2.75, 3.05) is 4.90 Å². The Hall–Kier alpha value is -2.37. The quantitative estimate of drug-likeness (QED) is 0.795. The van der Waals surface area contributed by atoms with Crippen LogP contribution in [0.25, 0.3) is 0 Å². The normalized spacial score (nSPS) is 10.1. The molecule has 0 saturated heterocycles. The van der Waals surface area contributed by atoms with Gasteiger partial charge in [-0.05, 0) is 18.6 Å². The fourth-order valence-electron chi connectivity index (χ4n) is 1.46. The van der Waals surface area contributed by atoms with Crippen LogP contribution in [0.1, 0.15) is 5.56 Å². The number of nitrogens with two attached hydrogens (primary N) is 1. The van der Waals surface area contributed by atoms with Gasteiger partial charge in [0.2, 0.25) is 5.95 Å². The summed E-state index contributed by atoms with van der Waals surface area (Å²) < 4.78 is 0. The first kappa shape index (κ1) is 10.2. The van der Waals surface area contributed by atoms with Crippen molar-refractivity contribution in [3.8, 4) is 0 Å². The van der Waals surface area contributed by atoms with Crippen molar-refractivity contribution in [1.82, 2.24) is 15.2 Å². The van der Waals surface area contributed by atoms with E-state index >= 15 is 0 Å². The fraction of sp³-hybridized carbons (Fsp3) is 0.100. The SMILES string of the molecule is Cc1ccccc1N(C(N)=O)c1ncn[nH]1. The zero-order valence-electron chi connectivity index (χ0n) is 8.71. The van der Waals surface area contributed by atoms with Crippen LogP contribution in [0.15, 0.2) is 30.6 Å². The molecule has 1 aromatic carbocycles. The Morgan fingerprint density at radius 3 is 2.75 bits per heavy atom. The summed E-state index contributed by atoms with van der Waals surface area (Å²) in [7, 11) is 0. The molecule has 1 aromatic heterocycles. The molecule has 0 bridgehead atoms. The highest BCUT2D eigenvalue weighted by molar-refractivity contribution is 5.97. The van der Waals surface area contributed by atoms with Gasteiger partial charge in [0.15, 0.2) is 0 Å². The Bertz CT molecular complexity index is 494. The van der Waals surface area contributed by atoms with E-state index in [-0.39, 0.29) is 0 Å². The van der Waals surface area contributed by atoms with Crippen LogP contribution in [-0.4, -0.2) is 21.2 Å². The van der Waals surface area contributed by atoms with E-state index in [0.717, 1.165) is 5.56 Å². The van der Waals surface area contributed by atoms with Crippen LogP contribution in [-0.2, 0) is 0 Å². The zero-order valence-corrected chi connectivity index (χ0v) is 8.71. The Morgan fingerprint density at radius 1 is 1.44 bits per heavy atom. The van der Waals surface area contributed by atoms with Crippen LogP contribution in [0, 0.1) is 6.92 Å². The number of aryl methyl sites for hydroxylation is 1. The van der Waals surface area contributed by atoms with Gasteiger partial charge in [-0.25, -0.2) is 14.8 Å². The van der Waals surface area contributed by atoms with Crippen LogP contribution >= 0.6 is 0 Å². The molecule has 2 rings (SSSR count). The van der Waals surface area contributed by atoms with Crippen molar-refractivity contribution in [2.24, 2.45) is 5.73 Å². The fourth-order valence-corrected chi connectivity index (χ4v) is 1.46. The molecule has 0 unspecified atom stereocenters. The first-order chi connectivity index (χ1) is 7.70. The molecule has 2 aromatic rings. The van der Waals surface area contributed by atoms with Gasteiger partial charge in [0.05, 0.1) is 5.69 Å². The molecule has 0 aliphatic carbocycles. The van der Waals surface area contributed by atoms with E-state index in [9.17, 15) is 4.79 Å². The molecule has 6 heteroatoms. The van der Waals surface area contributed by atoms with Gasteiger partial charge < -0.3 is 5.73 Å². The number of para-hydroxylation sites is 1. The maximum atomic E-state index is 11.4. The molecule has 0 aliphatic heterocycles. The molecule has 1 heterocycles. The number of amides is 2. The Balaban J connectivity index is 2.50. The van der Waals surface area contributed by atoms with E-state index in [0.29, 0.717) is 11.6 Å². The van der Waals surface area contributed by atoms with Crippen molar-refractivity contribution < 1.29 is 4.79 Å². The summed E-state index contributed by atoms with van der Waals surface area (Å²) in [6.07, 6.45) is 1.32. The molecular weight excluding hydrogens is 206 g/mol. The highest BCUT2D eigenvalue weighted by atomic mass is 16.2. The number of aromatic nitrogens is 3. The molecule has 16 heavy (non-hydrogen) atoms. The van der Waals surface area contributed by atoms with E-state index in [1.807, 2.05) is 25.1 Å². The summed E-state index contributed by atoms with van der Waals surface area (Å²) in [5.74, 6) is 0.307. The van der Waals surface area contributed by atoms with Crippen molar-refractivity contribution >= 4 is 17.7 Å². The van der Waals surface area contributed by atoms with Gasteiger partial charge in [0, 0.05) is 0 Å². The third-order valence-electron chi connectivity index (χ3n) is 2.19. The Kier molecular flexibility index (Phi) is 2.55. The number of aromatic amines is 1. The predicted molar refractivity (Wildman–Crippen MR) is 59.3 cm³/mol. The number of H-pyrrole nitrogens is 1. The maximum Gasteiger partial charge on any atom is 0.326 e. The zero-order chi connectivity index (χ0) is 11.5. The first-order valence-corrected chi connectivity index (χ1v) is 4.70. The van der Waals surface area contributed by atoms with E-state index in [1.54, 1.807) is 6.07 Å². The van der Waals surface area contributed by atoms with Crippen LogP contribution in [0.2, 0.25) is 0 Å². The molecule has 0 atom stereocenters. The Labute approximate surface area is 92.1 Å². The van der Waals surface area contributed by atoms with Crippen molar-refractivity contribution in [3.05, 3.63) is 36.2 Å². The summed E-state index contributed by atoms with van der Waals surface area (Å²) in [5.41, 5.74) is 6.94. The first-order valence-electron chi connectivity index (χ1n) is 4.70. The Morgan fingerprint density at radius 2 is 2.19 bits per heavy atom. The second-order valence-electron chi connectivity index (χ2n) is 3.27. The maximum absolute atomic E-state index is 11.4. The van der Waals surface area contributed by atoms with Gasteiger partial charge in [0.1, 0.15) is 6.33 Å². The number of hydrogen-bond acceptors (Lipinski definition) is 3. The number of urea groups is 1.